The third-order valence-corrected chi connectivity index (χ3v) is 5.98. The molecule has 4 aromatic rings. The van der Waals surface area contributed by atoms with Gasteiger partial charge in [-0.25, -0.2) is 4.98 Å². The standard InChI is InChI=1S/C26H26BrN3O2/c1-5-17(4)25-29-23-12-11-19(27)14-21(23)26(31)30(25)28-15-22-20-9-7-6-8-18(20)10-13-24(22)32-16(2)3/h6-17H,5H2,1-4H3/t17-/m1/s1. The number of halogens is 1. The van der Waals surface area contributed by atoms with E-state index in [1.165, 1.54) is 4.68 Å². The van der Waals surface area contributed by atoms with Crippen LogP contribution in [0.2, 0.25) is 0 Å². The first-order chi connectivity index (χ1) is 15.4. The van der Waals surface area contributed by atoms with Crippen molar-refractivity contribution in [2.45, 2.75) is 46.1 Å². The second-order valence-electron chi connectivity index (χ2n) is 8.17. The summed E-state index contributed by atoms with van der Waals surface area (Å²) in [5, 5.41) is 7.29. The van der Waals surface area contributed by atoms with Crippen molar-refractivity contribution in [2.75, 3.05) is 0 Å². The van der Waals surface area contributed by atoms with Crippen LogP contribution in [-0.4, -0.2) is 22.0 Å². The van der Waals surface area contributed by atoms with Crippen molar-refractivity contribution in [3.05, 3.63) is 80.8 Å². The van der Waals surface area contributed by atoms with Crippen molar-refractivity contribution >= 4 is 43.8 Å². The normalized spacial score (nSPS) is 12.8. The fraction of sp³-hybridized carbons (Fsp3) is 0.269. The fourth-order valence-corrected chi connectivity index (χ4v) is 4.02. The summed E-state index contributed by atoms with van der Waals surface area (Å²) >= 11 is 3.46. The number of ether oxygens (including phenoxy) is 1. The lowest BCUT2D eigenvalue weighted by Crippen LogP contribution is -2.23. The molecule has 6 heteroatoms. The van der Waals surface area contributed by atoms with Gasteiger partial charge in [0.15, 0.2) is 0 Å². The van der Waals surface area contributed by atoms with Crippen LogP contribution in [0.5, 0.6) is 5.75 Å². The number of hydrogen-bond acceptors (Lipinski definition) is 4. The van der Waals surface area contributed by atoms with Gasteiger partial charge in [0.1, 0.15) is 11.6 Å². The van der Waals surface area contributed by atoms with Gasteiger partial charge in [0.25, 0.3) is 5.56 Å². The number of nitrogens with zero attached hydrogens (tertiary/aromatic N) is 3. The summed E-state index contributed by atoms with van der Waals surface area (Å²) in [5.74, 6) is 1.46. The van der Waals surface area contributed by atoms with E-state index in [-0.39, 0.29) is 17.6 Å². The highest BCUT2D eigenvalue weighted by atomic mass is 79.9. The lowest BCUT2D eigenvalue weighted by molar-refractivity contribution is 0.242. The fourth-order valence-electron chi connectivity index (χ4n) is 3.66. The summed E-state index contributed by atoms with van der Waals surface area (Å²) in [6, 6.07) is 17.6. The lowest BCUT2D eigenvalue weighted by Gasteiger charge is -2.16. The molecular weight excluding hydrogens is 466 g/mol. The van der Waals surface area contributed by atoms with Gasteiger partial charge in [0.05, 0.1) is 23.2 Å². The highest BCUT2D eigenvalue weighted by molar-refractivity contribution is 9.10. The Morgan fingerprint density at radius 1 is 1.09 bits per heavy atom. The van der Waals surface area contributed by atoms with Crippen LogP contribution in [0.3, 0.4) is 0 Å². The zero-order valence-electron chi connectivity index (χ0n) is 18.7. The highest BCUT2D eigenvalue weighted by Gasteiger charge is 2.16. The van der Waals surface area contributed by atoms with Crippen LogP contribution in [0.4, 0.5) is 0 Å². The zero-order valence-corrected chi connectivity index (χ0v) is 20.3. The minimum Gasteiger partial charge on any atom is -0.490 e. The van der Waals surface area contributed by atoms with Gasteiger partial charge in [0.2, 0.25) is 0 Å². The average Bonchev–Trinajstić information content (AvgIpc) is 2.78. The van der Waals surface area contributed by atoms with Gasteiger partial charge in [-0.05, 0) is 55.3 Å². The Balaban J connectivity index is 1.95. The first-order valence-electron chi connectivity index (χ1n) is 10.8. The number of fused-ring (bicyclic) bond motifs is 2. The molecule has 3 aromatic carbocycles. The number of hydrogen-bond donors (Lipinski definition) is 0. The molecule has 0 aliphatic carbocycles. The van der Waals surface area contributed by atoms with Crippen LogP contribution in [-0.2, 0) is 0 Å². The Hall–Kier alpha value is -2.99. The van der Waals surface area contributed by atoms with Gasteiger partial charge in [0, 0.05) is 16.0 Å². The molecule has 4 rings (SSSR count). The van der Waals surface area contributed by atoms with E-state index in [0.717, 1.165) is 33.0 Å². The van der Waals surface area contributed by atoms with Gasteiger partial charge in [-0.1, -0.05) is 60.1 Å². The molecule has 0 saturated heterocycles. The first-order valence-corrected chi connectivity index (χ1v) is 11.6. The van der Waals surface area contributed by atoms with Crippen LogP contribution in [0, 0.1) is 0 Å². The third kappa shape index (κ3) is 4.32. The smallest absolute Gasteiger partial charge is 0.282 e. The zero-order chi connectivity index (χ0) is 22.8. The van der Waals surface area contributed by atoms with Gasteiger partial charge in [-0.3, -0.25) is 4.79 Å². The molecular formula is C26H26BrN3O2. The predicted molar refractivity (Wildman–Crippen MR) is 135 cm³/mol. The summed E-state index contributed by atoms with van der Waals surface area (Å²) in [4.78, 5) is 18.2. The summed E-state index contributed by atoms with van der Waals surface area (Å²) in [7, 11) is 0. The number of benzene rings is 3. The SMILES string of the molecule is CC[C@@H](C)c1nc2ccc(Br)cc2c(=O)n1N=Cc1c(OC(C)C)ccc2ccccc12. The molecule has 5 nitrogen and oxygen atoms in total. The number of aromatic nitrogens is 2. The van der Waals surface area contributed by atoms with Crippen LogP contribution >= 0.6 is 15.9 Å². The van der Waals surface area contributed by atoms with Crippen molar-refractivity contribution in [2.24, 2.45) is 5.10 Å². The Bertz CT molecular complexity index is 1380. The molecule has 0 bridgehead atoms. The molecule has 1 atom stereocenters. The van der Waals surface area contributed by atoms with Crippen molar-refractivity contribution in [1.29, 1.82) is 0 Å². The van der Waals surface area contributed by atoms with Crippen molar-refractivity contribution in [1.82, 2.24) is 9.66 Å². The number of rotatable bonds is 6. The second-order valence-corrected chi connectivity index (χ2v) is 9.08. The summed E-state index contributed by atoms with van der Waals surface area (Å²) in [6.45, 7) is 8.12. The molecule has 0 N–H and O–H groups in total. The van der Waals surface area contributed by atoms with E-state index in [1.807, 2.05) is 56.3 Å². The van der Waals surface area contributed by atoms with E-state index < -0.39 is 0 Å². The van der Waals surface area contributed by atoms with E-state index >= 15 is 0 Å². The van der Waals surface area contributed by atoms with Crippen LogP contribution in [0.15, 0.2) is 69.0 Å². The minimum atomic E-state index is -0.186. The van der Waals surface area contributed by atoms with Gasteiger partial charge in [-0.2, -0.15) is 9.78 Å². The summed E-state index contributed by atoms with van der Waals surface area (Å²) in [6.07, 6.45) is 2.58. The quantitative estimate of drug-likeness (QED) is 0.289. The molecule has 0 aliphatic heterocycles. The monoisotopic (exact) mass is 491 g/mol. The minimum absolute atomic E-state index is 0.0152. The molecule has 0 unspecified atom stereocenters. The second kappa shape index (κ2) is 9.25. The third-order valence-electron chi connectivity index (χ3n) is 5.48. The molecule has 1 aromatic heterocycles. The molecule has 1 heterocycles. The van der Waals surface area contributed by atoms with Crippen molar-refractivity contribution < 1.29 is 4.74 Å². The van der Waals surface area contributed by atoms with Crippen LogP contribution < -0.4 is 10.3 Å². The van der Waals surface area contributed by atoms with E-state index in [0.29, 0.717) is 16.7 Å². The first kappa shape index (κ1) is 22.2. The Morgan fingerprint density at radius 3 is 2.62 bits per heavy atom. The molecule has 0 aliphatic rings. The van der Waals surface area contributed by atoms with E-state index in [2.05, 4.69) is 40.9 Å². The van der Waals surface area contributed by atoms with E-state index in [9.17, 15) is 4.79 Å². The molecule has 0 saturated carbocycles. The predicted octanol–water partition coefficient (Wildman–Crippen LogP) is 6.50. The van der Waals surface area contributed by atoms with Gasteiger partial charge in [-0.15, -0.1) is 0 Å². The van der Waals surface area contributed by atoms with Crippen molar-refractivity contribution in [3.8, 4) is 5.75 Å². The lowest BCUT2D eigenvalue weighted by atomic mass is 10.0. The summed E-state index contributed by atoms with van der Waals surface area (Å²) < 4.78 is 8.32. The summed E-state index contributed by atoms with van der Waals surface area (Å²) in [5.41, 5.74) is 1.33. The maximum absolute atomic E-state index is 13.4. The van der Waals surface area contributed by atoms with E-state index in [1.54, 1.807) is 12.3 Å². The topological polar surface area (TPSA) is 56.5 Å². The maximum Gasteiger partial charge on any atom is 0.282 e. The maximum atomic E-state index is 13.4. The largest absolute Gasteiger partial charge is 0.490 e. The Morgan fingerprint density at radius 2 is 1.88 bits per heavy atom. The average molecular weight is 492 g/mol. The highest BCUT2D eigenvalue weighted by Crippen LogP contribution is 2.28. The molecule has 0 fully saturated rings. The van der Waals surface area contributed by atoms with Gasteiger partial charge < -0.3 is 4.74 Å². The molecule has 164 valence electrons. The van der Waals surface area contributed by atoms with Crippen LogP contribution in [0.25, 0.3) is 21.7 Å². The molecule has 0 spiro atoms. The van der Waals surface area contributed by atoms with Crippen LogP contribution in [0.1, 0.15) is 51.4 Å². The molecule has 0 radical (unpaired) electrons. The Kier molecular flexibility index (Phi) is 6.42. The molecule has 0 amide bonds. The molecule has 32 heavy (non-hydrogen) atoms. The van der Waals surface area contributed by atoms with Crippen molar-refractivity contribution in [3.63, 3.8) is 0 Å². The van der Waals surface area contributed by atoms with E-state index in [4.69, 9.17) is 9.72 Å². The van der Waals surface area contributed by atoms with Gasteiger partial charge >= 0.3 is 0 Å². The Labute approximate surface area is 195 Å².